The van der Waals surface area contributed by atoms with E-state index in [9.17, 15) is 27.1 Å². The summed E-state index contributed by atoms with van der Waals surface area (Å²) in [5.41, 5.74) is -1.43. The molecule has 11 heteroatoms. The van der Waals surface area contributed by atoms with Crippen LogP contribution < -0.4 is 5.11 Å². The van der Waals surface area contributed by atoms with Crippen molar-refractivity contribution in [1.29, 1.82) is 0 Å². The van der Waals surface area contributed by atoms with Gasteiger partial charge in [0, 0.05) is 16.6 Å². The molecule has 0 aromatic heterocycles. The maximum atomic E-state index is 11.2. The summed E-state index contributed by atoms with van der Waals surface area (Å²) in [5.74, 6) is -1.51. The van der Waals surface area contributed by atoms with E-state index in [-0.39, 0.29) is 12.3 Å². The molecular weight excluding hydrogens is 384 g/mol. The zero-order valence-electron chi connectivity index (χ0n) is 16.6. The van der Waals surface area contributed by atoms with Crippen LogP contribution in [0.4, 0.5) is 0 Å². The van der Waals surface area contributed by atoms with Crippen LogP contribution in [-0.2, 0) is 26.0 Å². The maximum Gasteiger partial charge on any atom is 0.265 e. The average molecular weight is 417 g/mol. The van der Waals surface area contributed by atoms with Crippen molar-refractivity contribution < 1.29 is 40.6 Å². The van der Waals surface area contributed by atoms with Crippen molar-refractivity contribution in [2.24, 2.45) is 10.8 Å². The number of carboxylic acid groups (broad SMARTS) is 1. The Morgan fingerprint density at radius 3 is 1.88 bits per heavy atom. The lowest BCUT2D eigenvalue weighted by Crippen LogP contribution is -2.45. The van der Waals surface area contributed by atoms with Crippen LogP contribution in [-0.4, -0.2) is 103 Å². The second-order valence-electron chi connectivity index (χ2n) is 9.37. The molecule has 26 heavy (non-hydrogen) atoms. The highest BCUT2D eigenvalue weighted by molar-refractivity contribution is 7.85. The molecular formula is C15H32N2O7S2. The lowest BCUT2D eigenvalue weighted by Gasteiger charge is -2.36. The van der Waals surface area contributed by atoms with Crippen molar-refractivity contribution >= 4 is 27.2 Å². The number of likely N-dealkylation sites (tertiary alicyclic amines) is 1. The van der Waals surface area contributed by atoms with Crippen LogP contribution in [0.5, 0.6) is 0 Å². The number of hydrogen-bond donors (Lipinski definition) is 1. The number of nitrogens with zero attached hydrogens (tertiary/aromatic N) is 2. The number of hydrogen-bond acceptors (Lipinski definition) is 6. The van der Waals surface area contributed by atoms with E-state index in [2.05, 4.69) is 0 Å². The van der Waals surface area contributed by atoms with E-state index in [1.165, 1.54) is 0 Å². The van der Waals surface area contributed by atoms with Crippen LogP contribution in [0.25, 0.3) is 0 Å². The number of rotatable bonds is 6. The van der Waals surface area contributed by atoms with Gasteiger partial charge in [-0.25, -0.2) is 0 Å². The first-order chi connectivity index (χ1) is 11.2. The van der Waals surface area contributed by atoms with Crippen molar-refractivity contribution in [2.45, 2.75) is 13.8 Å². The summed E-state index contributed by atoms with van der Waals surface area (Å²) in [7, 11) is 5.13. The molecule has 0 aromatic carbocycles. The van der Waals surface area contributed by atoms with E-state index in [1.807, 2.05) is 14.1 Å². The van der Waals surface area contributed by atoms with Crippen LogP contribution in [0.1, 0.15) is 13.8 Å². The maximum absolute atomic E-state index is 11.2. The van der Waals surface area contributed by atoms with E-state index in [0.717, 1.165) is 0 Å². The van der Waals surface area contributed by atoms with E-state index < -0.39 is 43.8 Å². The normalized spacial score (nSPS) is 29.6. The molecule has 3 unspecified atom stereocenters. The quantitative estimate of drug-likeness (QED) is 0.310. The molecule has 1 N–H and O–H groups in total. The van der Waals surface area contributed by atoms with E-state index in [0.29, 0.717) is 22.1 Å². The van der Waals surface area contributed by atoms with Gasteiger partial charge in [-0.15, -0.1) is 0 Å². The zero-order chi connectivity index (χ0) is 21.2. The SMILES string of the molecule is CC1(CS(=O)[O-])C[N+](C)(C)CC1(C)CS(=O)(=O)O.C[N+](C)(C)CC(=O)[O-]. The Morgan fingerprint density at radius 2 is 1.62 bits per heavy atom. The number of likely N-dealkylation sites (N-methyl/N-ethyl adjacent to an activating group) is 1. The minimum Gasteiger partial charge on any atom is -0.772 e. The van der Waals surface area contributed by atoms with Gasteiger partial charge in [-0.2, -0.15) is 8.42 Å². The predicted octanol–water partition coefficient (Wildman–Crippen LogP) is -1.70. The summed E-state index contributed by atoms with van der Waals surface area (Å²) < 4.78 is 54.4. The van der Waals surface area contributed by atoms with Gasteiger partial charge in [-0.05, 0) is 0 Å². The van der Waals surface area contributed by atoms with Crippen LogP contribution in [0.15, 0.2) is 0 Å². The number of carbonyl (C=O) groups is 1. The van der Waals surface area contributed by atoms with Crippen molar-refractivity contribution in [3.8, 4) is 0 Å². The fraction of sp³-hybridized carbons (Fsp3) is 0.933. The number of carbonyl (C=O) groups excluding carboxylic acids is 1. The monoisotopic (exact) mass is 416 g/mol. The van der Waals surface area contributed by atoms with Gasteiger partial charge in [0.05, 0.1) is 60.1 Å². The van der Waals surface area contributed by atoms with Crippen molar-refractivity contribution in [3.63, 3.8) is 0 Å². The summed E-state index contributed by atoms with van der Waals surface area (Å²) >= 11 is -2.24. The second-order valence-corrected chi connectivity index (χ2v) is 11.7. The molecule has 3 atom stereocenters. The summed E-state index contributed by atoms with van der Waals surface area (Å²) in [5, 5.41) is 9.89. The molecule has 0 spiro atoms. The molecule has 156 valence electrons. The van der Waals surface area contributed by atoms with Gasteiger partial charge in [0.25, 0.3) is 10.1 Å². The summed E-state index contributed by atoms with van der Waals surface area (Å²) in [6, 6.07) is 0. The van der Waals surface area contributed by atoms with E-state index >= 15 is 0 Å². The molecule has 1 rings (SSSR count). The zero-order valence-corrected chi connectivity index (χ0v) is 18.3. The summed E-state index contributed by atoms with van der Waals surface area (Å²) in [4.78, 5) is 9.89. The van der Waals surface area contributed by atoms with Crippen molar-refractivity contribution in [2.75, 3.05) is 66.4 Å². The molecule has 0 saturated carbocycles. The second kappa shape index (κ2) is 8.19. The minimum atomic E-state index is -4.13. The third-order valence-corrected chi connectivity index (χ3v) is 6.43. The standard InChI is InChI=1S/C10H21NO5S2.C5H11NO2/c1-9(7-17(12)13)5-11(3,4)6-10(9,2)8-18(14,15)16;1-6(2,3)4-5(7)8/h5-8H2,1-4H3,(H-,12,13,14,15,16);4H2,1-3H3. The molecule has 9 nitrogen and oxygen atoms in total. The molecule has 0 amide bonds. The summed E-state index contributed by atoms with van der Waals surface area (Å²) in [6.45, 7) is 4.66. The van der Waals surface area contributed by atoms with Gasteiger partial charge in [0.1, 0.15) is 6.54 Å². The topological polar surface area (TPSA) is 135 Å². The smallest absolute Gasteiger partial charge is 0.265 e. The fourth-order valence-electron chi connectivity index (χ4n) is 3.82. The number of quaternary nitrogens is 2. The van der Waals surface area contributed by atoms with Gasteiger partial charge in [-0.1, -0.05) is 24.9 Å². The Kier molecular flexibility index (Phi) is 8.01. The Hall–Kier alpha value is -0.590. The molecule has 1 aliphatic heterocycles. The Bertz CT molecular complexity index is 643. The van der Waals surface area contributed by atoms with Gasteiger partial charge in [0.15, 0.2) is 0 Å². The molecule has 1 aliphatic rings. The van der Waals surface area contributed by atoms with Crippen LogP contribution in [0.3, 0.4) is 0 Å². The predicted molar refractivity (Wildman–Crippen MR) is 96.2 cm³/mol. The highest BCUT2D eigenvalue weighted by Gasteiger charge is 2.59. The molecule has 0 aromatic rings. The molecule has 1 fully saturated rings. The molecule has 0 bridgehead atoms. The molecule has 0 aliphatic carbocycles. The lowest BCUT2D eigenvalue weighted by atomic mass is 9.70. The molecule has 1 saturated heterocycles. The van der Waals surface area contributed by atoms with Crippen LogP contribution >= 0.6 is 0 Å². The molecule has 1 heterocycles. The number of aliphatic carboxylic acids is 1. The minimum absolute atomic E-state index is 0.0694. The third kappa shape index (κ3) is 8.87. The first-order valence-corrected chi connectivity index (χ1v) is 10.9. The Balaban J connectivity index is 0.000000660. The van der Waals surface area contributed by atoms with Gasteiger partial charge < -0.3 is 23.4 Å². The number of carboxylic acids is 1. The Labute approximate surface area is 159 Å². The first-order valence-electron chi connectivity index (χ1n) is 8.04. The first kappa shape index (κ1) is 25.4. The highest BCUT2D eigenvalue weighted by Crippen LogP contribution is 2.49. The van der Waals surface area contributed by atoms with Crippen LogP contribution in [0, 0.1) is 10.8 Å². The highest BCUT2D eigenvalue weighted by atomic mass is 32.2. The van der Waals surface area contributed by atoms with Crippen LogP contribution in [0.2, 0.25) is 0 Å². The summed E-state index contributed by atoms with van der Waals surface area (Å²) in [6.07, 6.45) is 0. The average Bonchev–Trinajstić information content (AvgIpc) is 2.34. The van der Waals surface area contributed by atoms with Gasteiger partial charge in [0.2, 0.25) is 0 Å². The van der Waals surface area contributed by atoms with E-state index in [4.69, 9.17) is 4.55 Å². The third-order valence-electron chi connectivity index (χ3n) is 4.55. The van der Waals surface area contributed by atoms with Gasteiger partial charge in [-0.3, -0.25) is 8.76 Å². The molecule has 0 radical (unpaired) electrons. The van der Waals surface area contributed by atoms with E-state index in [1.54, 1.807) is 35.0 Å². The lowest BCUT2D eigenvalue weighted by molar-refractivity contribution is -0.883. The van der Waals surface area contributed by atoms with Crippen molar-refractivity contribution in [1.82, 2.24) is 0 Å². The fourth-order valence-corrected chi connectivity index (χ4v) is 6.02. The van der Waals surface area contributed by atoms with Gasteiger partial charge >= 0.3 is 0 Å². The van der Waals surface area contributed by atoms with Crippen molar-refractivity contribution in [3.05, 3.63) is 0 Å². The largest absolute Gasteiger partial charge is 0.772 e. The Morgan fingerprint density at radius 1 is 1.19 bits per heavy atom.